The summed E-state index contributed by atoms with van der Waals surface area (Å²) in [6.07, 6.45) is 0. The van der Waals surface area contributed by atoms with E-state index in [0.717, 1.165) is 15.6 Å². The van der Waals surface area contributed by atoms with E-state index in [1.165, 1.54) is 6.07 Å². The number of halogens is 1. The molecule has 0 bridgehead atoms. The molecule has 6 nitrogen and oxygen atoms in total. The van der Waals surface area contributed by atoms with E-state index in [1.54, 1.807) is 25.1 Å². The number of carbonyl (C=O) groups is 1. The second kappa shape index (κ2) is 7.13. The third-order valence-corrected chi connectivity index (χ3v) is 4.64. The summed E-state index contributed by atoms with van der Waals surface area (Å²) in [5, 5.41) is 13.9. The number of hydrogen-bond acceptors (Lipinski definition) is 4. The van der Waals surface area contributed by atoms with Crippen LogP contribution in [0, 0.1) is 24.0 Å². The van der Waals surface area contributed by atoms with Gasteiger partial charge >= 0.3 is 0 Å². The van der Waals surface area contributed by atoms with Crippen LogP contribution in [-0.2, 0) is 0 Å². The smallest absolute Gasteiger partial charge is 0.293 e. The molecule has 1 N–H and O–H groups in total. The Morgan fingerprint density at radius 3 is 2.42 bits per heavy atom. The highest BCUT2D eigenvalue weighted by Crippen LogP contribution is 2.31. The number of aryl methyl sites for hydroxylation is 1. The van der Waals surface area contributed by atoms with Gasteiger partial charge in [0, 0.05) is 16.1 Å². The van der Waals surface area contributed by atoms with Crippen molar-refractivity contribution in [1.29, 1.82) is 0 Å². The molecule has 0 aliphatic heterocycles. The average molecular weight is 415 g/mol. The lowest BCUT2D eigenvalue weighted by atomic mass is 10.1. The first-order valence-electron chi connectivity index (χ1n) is 7.78. The molecule has 1 heterocycles. The van der Waals surface area contributed by atoms with E-state index in [1.807, 2.05) is 31.2 Å². The van der Waals surface area contributed by atoms with Crippen molar-refractivity contribution in [3.8, 4) is 11.3 Å². The zero-order valence-electron chi connectivity index (χ0n) is 14.1. The number of amides is 1. The van der Waals surface area contributed by atoms with E-state index in [4.69, 9.17) is 4.42 Å². The van der Waals surface area contributed by atoms with Gasteiger partial charge in [-0.15, -0.1) is 0 Å². The number of anilines is 1. The number of carbonyl (C=O) groups excluding carboxylic acids is 1. The van der Waals surface area contributed by atoms with Crippen molar-refractivity contribution in [3.63, 3.8) is 0 Å². The molecule has 0 saturated heterocycles. The van der Waals surface area contributed by atoms with Gasteiger partial charge in [-0.2, -0.15) is 0 Å². The Morgan fingerprint density at radius 1 is 1.08 bits per heavy atom. The van der Waals surface area contributed by atoms with Gasteiger partial charge < -0.3 is 9.73 Å². The number of furan rings is 1. The first kappa shape index (κ1) is 17.9. The molecular weight excluding hydrogens is 400 g/mol. The molecule has 3 rings (SSSR count). The molecule has 1 aromatic heterocycles. The van der Waals surface area contributed by atoms with E-state index >= 15 is 0 Å². The summed E-state index contributed by atoms with van der Waals surface area (Å²) in [5.41, 5.74) is 2.35. The fraction of sp³-hybridized carbons (Fsp3) is 0.105. The Labute approximate surface area is 158 Å². The van der Waals surface area contributed by atoms with Crippen LogP contribution in [0.4, 0.5) is 11.4 Å². The molecule has 0 saturated carbocycles. The molecule has 7 heteroatoms. The van der Waals surface area contributed by atoms with E-state index in [0.29, 0.717) is 11.3 Å². The lowest BCUT2D eigenvalue weighted by molar-refractivity contribution is -0.384. The minimum atomic E-state index is -0.537. The van der Waals surface area contributed by atoms with Crippen LogP contribution in [0.25, 0.3) is 11.3 Å². The second-order valence-electron chi connectivity index (χ2n) is 5.78. The van der Waals surface area contributed by atoms with Gasteiger partial charge in [0.1, 0.15) is 11.4 Å². The third kappa shape index (κ3) is 3.52. The predicted octanol–water partition coefficient (Wildman–Crippen LogP) is 5.49. The average Bonchev–Trinajstić information content (AvgIpc) is 3.09. The van der Waals surface area contributed by atoms with E-state index in [9.17, 15) is 14.9 Å². The summed E-state index contributed by atoms with van der Waals surface area (Å²) >= 11 is 3.36. The van der Waals surface area contributed by atoms with Crippen molar-refractivity contribution in [3.05, 3.63) is 80.0 Å². The van der Waals surface area contributed by atoms with Crippen LogP contribution < -0.4 is 5.32 Å². The molecule has 132 valence electrons. The van der Waals surface area contributed by atoms with Crippen molar-refractivity contribution < 1.29 is 14.1 Å². The van der Waals surface area contributed by atoms with Gasteiger partial charge in [-0.1, -0.05) is 34.1 Å². The van der Waals surface area contributed by atoms with E-state index in [2.05, 4.69) is 21.2 Å². The fourth-order valence-corrected chi connectivity index (χ4v) is 2.78. The van der Waals surface area contributed by atoms with Gasteiger partial charge in [0.2, 0.25) is 0 Å². The quantitative estimate of drug-likeness (QED) is 0.451. The van der Waals surface area contributed by atoms with Crippen molar-refractivity contribution in [2.45, 2.75) is 13.8 Å². The highest BCUT2D eigenvalue weighted by Gasteiger charge is 2.21. The minimum Gasteiger partial charge on any atom is -0.451 e. The molecule has 0 unspecified atom stereocenters. The molecule has 26 heavy (non-hydrogen) atoms. The molecule has 2 aromatic carbocycles. The second-order valence-corrected chi connectivity index (χ2v) is 6.70. The lowest BCUT2D eigenvalue weighted by Gasteiger charge is -2.10. The van der Waals surface area contributed by atoms with Gasteiger partial charge in [0.15, 0.2) is 5.76 Å². The zero-order chi connectivity index (χ0) is 18.8. The number of nitrogens with zero attached hydrogens (tertiary/aromatic N) is 1. The van der Waals surface area contributed by atoms with Gasteiger partial charge in [0.05, 0.1) is 4.92 Å². The maximum Gasteiger partial charge on any atom is 0.293 e. The maximum absolute atomic E-state index is 12.5. The Bertz CT molecular complexity index is 993. The number of benzene rings is 2. The number of nitro groups is 1. The summed E-state index contributed by atoms with van der Waals surface area (Å²) in [6.45, 7) is 3.56. The van der Waals surface area contributed by atoms with Crippen molar-refractivity contribution in [1.82, 2.24) is 0 Å². The topological polar surface area (TPSA) is 85.4 Å². The monoisotopic (exact) mass is 414 g/mol. The predicted molar refractivity (Wildman–Crippen MR) is 102 cm³/mol. The van der Waals surface area contributed by atoms with Crippen LogP contribution in [0.5, 0.6) is 0 Å². The number of nitrogens with one attached hydrogen (secondary N) is 1. The standard InChI is InChI=1S/C19H15BrN2O4/c1-11-3-8-15(22(24)25)18(12(11)2)21-19(23)17-10-9-16(26-17)13-4-6-14(20)7-5-13/h3-10H,1-2H3,(H,21,23). The van der Waals surface area contributed by atoms with Crippen molar-refractivity contribution >= 4 is 33.2 Å². The number of nitro benzene ring substituents is 1. The van der Waals surface area contributed by atoms with Crippen LogP contribution in [0.2, 0.25) is 0 Å². The molecular formula is C19H15BrN2O4. The van der Waals surface area contributed by atoms with Crippen LogP contribution in [0.1, 0.15) is 21.7 Å². The van der Waals surface area contributed by atoms with Crippen LogP contribution in [0.15, 0.2) is 57.4 Å². The molecule has 0 fully saturated rings. The number of hydrogen-bond donors (Lipinski definition) is 1. The summed E-state index contributed by atoms with van der Waals surface area (Å²) in [5.74, 6) is 0.0846. The number of rotatable bonds is 4. The highest BCUT2D eigenvalue weighted by atomic mass is 79.9. The molecule has 0 radical (unpaired) electrons. The summed E-state index contributed by atoms with van der Waals surface area (Å²) in [6, 6.07) is 13.7. The van der Waals surface area contributed by atoms with Gasteiger partial charge in [-0.05, 0) is 49.2 Å². The lowest BCUT2D eigenvalue weighted by Crippen LogP contribution is -2.13. The molecule has 0 aliphatic carbocycles. The summed E-state index contributed by atoms with van der Waals surface area (Å²) < 4.78 is 6.55. The summed E-state index contributed by atoms with van der Waals surface area (Å²) in [7, 11) is 0. The Morgan fingerprint density at radius 2 is 1.77 bits per heavy atom. The van der Waals surface area contributed by atoms with Crippen molar-refractivity contribution in [2.75, 3.05) is 5.32 Å². The van der Waals surface area contributed by atoms with Gasteiger partial charge in [-0.25, -0.2) is 0 Å². The molecule has 0 spiro atoms. The molecule has 0 aliphatic rings. The zero-order valence-corrected chi connectivity index (χ0v) is 15.7. The van der Waals surface area contributed by atoms with Crippen LogP contribution in [-0.4, -0.2) is 10.8 Å². The molecule has 3 aromatic rings. The fourth-order valence-electron chi connectivity index (χ4n) is 2.52. The first-order valence-corrected chi connectivity index (χ1v) is 8.58. The van der Waals surface area contributed by atoms with Gasteiger partial charge in [-0.3, -0.25) is 14.9 Å². The third-order valence-electron chi connectivity index (χ3n) is 4.11. The highest BCUT2D eigenvalue weighted by molar-refractivity contribution is 9.10. The minimum absolute atomic E-state index is 0.0816. The van der Waals surface area contributed by atoms with Crippen molar-refractivity contribution in [2.24, 2.45) is 0 Å². The largest absolute Gasteiger partial charge is 0.451 e. The summed E-state index contributed by atoms with van der Waals surface area (Å²) in [4.78, 5) is 23.2. The maximum atomic E-state index is 12.5. The Hall–Kier alpha value is -2.93. The van der Waals surface area contributed by atoms with E-state index in [-0.39, 0.29) is 17.1 Å². The van der Waals surface area contributed by atoms with Gasteiger partial charge in [0.25, 0.3) is 11.6 Å². The SMILES string of the molecule is Cc1ccc([N+](=O)[O-])c(NC(=O)c2ccc(-c3ccc(Br)cc3)o2)c1C. The normalized spacial score (nSPS) is 10.6. The molecule has 1 amide bonds. The van der Waals surface area contributed by atoms with Crippen LogP contribution in [0.3, 0.4) is 0 Å². The van der Waals surface area contributed by atoms with Crippen LogP contribution >= 0.6 is 15.9 Å². The van der Waals surface area contributed by atoms with E-state index < -0.39 is 10.8 Å². The Balaban J connectivity index is 1.89. The first-order chi connectivity index (χ1) is 12.4. The molecule has 0 atom stereocenters. The Kier molecular flexibility index (Phi) is 4.90.